The maximum absolute atomic E-state index is 12.9. The first-order chi connectivity index (χ1) is 11.6. The Morgan fingerprint density at radius 1 is 1.21 bits per heavy atom. The molecule has 0 radical (unpaired) electrons. The zero-order valence-corrected chi connectivity index (χ0v) is 14.5. The number of oxime groups is 1. The highest BCUT2D eigenvalue weighted by Gasteiger charge is 2.50. The van der Waals surface area contributed by atoms with E-state index in [-0.39, 0.29) is 17.0 Å². The standard InChI is InChI=1S/C20H25NO3/c1-3-7-16(21-24-4-2)19-17(22)12-20(13-18(19)23)11-10-14-8-5-6-9-15(14)20/h5-6,8-9,19H,3-4,7,10-13H2,1-2H3/b21-16+. The number of rotatable bonds is 5. The first-order valence-electron chi connectivity index (χ1n) is 8.94. The Bertz CT molecular complexity index is 659. The average molecular weight is 327 g/mol. The summed E-state index contributed by atoms with van der Waals surface area (Å²) in [6, 6.07) is 8.24. The molecule has 1 fully saturated rings. The van der Waals surface area contributed by atoms with Crippen LogP contribution in [0.5, 0.6) is 0 Å². The summed E-state index contributed by atoms with van der Waals surface area (Å²) in [5, 5.41) is 4.09. The molecule has 24 heavy (non-hydrogen) atoms. The Labute approximate surface area is 143 Å². The lowest BCUT2D eigenvalue weighted by atomic mass is 9.65. The predicted molar refractivity (Wildman–Crippen MR) is 93.1 cm³/mol. The number of hydrogen-bond acceptors (Lipinski definition) is 4. The molecule has 128 valence electrons. The van der Waals surface area contributed by atoms with E-state index in [2.05, 4.69) is 17.3 Å². The van der Waals surface area contributed by atoms with E-state index in [9.17, 15) is 9.59 Å². The molecule has 4 heteroatoms. The molecule has 0 unspecified atom stereocenters. The van der Waals surface area contributed by atoms with E-state index in [1.54, 1.807) is 0 Å². The van der Waals surface area contributed by atoms with Gasteiger partial charge in [0.1, 0.15) is 24.1 Å². The Balaban J connectivity index is 1.88. The molecule has 2 aliphatic carbocycles. The van der Waals surface area contributed by atoms with Gasteiger partial charge in [0.2, 0.25) is 0 Å². The molecule has 4 nitrogen and oxygen atoms in total. The Hall–Kier alpha value is -1.97. The van der Waals surface area contributed by atoms with E-state index in [0.717, 1.165) is 19.3 Å². The fraction of sp³-hybridized carbons (Fsp3) is 0.550. The van der Waals surface area contributed by atoms with Crippen LogP contribution in [-0.4, -0.2) is 23.9 Å². The molecule has 1 spiro atoms. The molecule has 2 aliphatic rings. The first kappa shape index (κ1) is 16.9. The largest absolute Gasteiger partial charge is 0.396 e. The molecule has 1 aromatic carbocycles. The highest BCUT2D eigenvalue weighted by molar-refractivity contribution is 6.22. The van der Waals surface area contributed by atoms with Gasteiger partial charge in [0.05, 0.1) is 5.71 Å². The number of carbonyl (C=O) groups is 2. The second-order valence-electron chi connectivity index (χ2n) is 6.91. The van der Waals surface area contributed by atoms with Crippen LogP contribution in [0.2, 0.25) is 0 Å². The van der Waals surface area contributed by atoms with Crippen molar-refractivity contribution in [1.82, 2.24) is 0 Å². The number of carbonyl (C=O) groups excluding carboxylic acids is 2. The van der Waals surface area contributed by atoms with E-state index < -0.39 is 5.92 Å². The lowest BCUT2D eigenvalue weighted by molar-refractivity contribution is -0.135. The van der Waals surface area contributed by atoms with Gasteiger partial charge >= 0.3 is 0 Å². The highest BCUT2D eigenvalue weighted by atomic mass is 16.6. The van der Waals surface area contributed by atoms with Crippen molar-refractivity contribution >= 4 is 17.3 Å². The van der Waals surface area contributed by atoms with Crippen molar-refractivity contribution in [3.63, 3.8) is 0 Å². The summed E-state index contributed by atoms with van der Waals surface area (Å²) < 4.78 is 0. The van der Waals surface area contributed by atoms with E-state index in [1.807, 2.05) is 26.0 Å². The van der Waals surface area contributed by atoms with Crippen molar-refractivity contribution in [3.05, 3.63) is 35.4 Å². The van der Waals surface area contributed by atoms with Gasteiger partial charge in [-0.2, -0.15) is 0 Å². The molecule has 1 saturated carbocycles. The van der Waals surface area contributed by atoms with Crippen molar-refractivity contribution in [1.29, 1.82) is 0 Å². The average Bonchev–Trinajstić information content (AvgIpc) is 2.90. The topological polar surface area (TPSA) is 55.7 Å². The summed E-state index contributed by atoms with van der Waals surface area (Å²) in [7, 11) is 0. The maximum Gasteiger partial charge on any atom is 0.150 e. The molecule has 0 saturated heterocycles. The molecule has 0 heterocycles. The van der Waals surface area contributed by atoms with Crippen LogP contribution in [0.15, 0.2) is 29.4 Å². The van der Waals surface area contributed by atoms with Gasteiger partial charge in [-0.05, 0) is 37.3 Å². The zero-order valence-electron chi connectivity index (χ0n) is 14.5. The van der Waals surface area contributed by atoms with Gasteiger partial charge in [0.15, 0.2) is 0 Å². The minimum atomic E-state index is -0.699. The molecule has 0 amide bonds. The van der Waals surface area contributed by atoms with Crippen LogP contribution in [0, 0.1) is 5.92 Å². The van der Waals surface area contributed by atoms with E-state index >= 15 is 0 Å². The quantitative estimate of drug-likeness (QED) is 0.471. The van der Waals surface area contributed by atoms with Gasteiger partial charge in [-0.1, -0.05) is 42.8 Å². The molecular formula is C20H25NO3. The number of Topliss-reactive ketones (excluding diaryl/α,β-unsaturated/α-hetero) is 2. The predicted octanol–water partition coefficient (Wildman–Crippen LogP) is 3.61. The van der Waals surface area contributed by atoms with Crippen LogP contribution < -0.4 is 0 Å². The van der Waals surface area contributed by atoms with Gasteiger partial charge in [-0.25, -0.2) is 0 Å². The number of aryl methyl sites for hydroxylation is 1. The lowest BCUT2D eigenvalue weighted by Crippen LogP contribution is -2.45. The summed E-state index contributed by atoms with van der Waals surface area (Å²) in [4.78, 5) is 31.0. The van der Waals surface area contributed by atoms with Gasteiger partial charge in [-0.15, -0.1) is 0 Å². The monoisotopic (exact) mass is 327 g/mol. The molecule has 0 bridgehead atoms. The normalized spacial score (nSPS) is 26.8. The molecular weight excluding hydrogens is 302 g/mol. The number of benzene rings is 1. The number of ketones is 2. The van der Waals surface area contributed by atoms with Crippen LogP contribution in [0.4, 0.5) is 0 Å². The van der Waals surface area contributed by atoms with Gasteiger partial charge in [-0.3, -0.25) is 9.59 Å². The molecule has 1 aromatic rings. The van der Waals surface area contributed by atoms with E-state index in [1.165, 1.54) is 11.1 Å². The minimum absolute atomic E-state index is 0.00913. The summed E-state index contributed by atoms with van der Waals surface area (Å²) >= 11 is 0. The van der Waals surface area contributed by atoms with Crippen LogP contribution in [0.1, 0.15) is 57.1 Å². The smallest absolute Gasteiger partial charge is 0.150 e. The van der Waals surface area contributed by atoms with Gasteiger partial charge in [0.25, 0.3) is 0 Å². The maximum atomic E-state index is 12.9. The summed E-state index contributed by atoms with van der Waals surface area (Å²) in [5.74, 6) is -0.681. The Kier molecular flexibility index (Phi) is 4.83. The van der Waals surface area contributed by atoms with Gasteiger partial charge in [0, 0.05) is 18.3 Å². The third kappa shape index (κ3) is 2.90. The first-order valence-corrected chi connectivity index (χ1v) is 8.94. The third-order valence-corrected chi connectivity index (χ3v) is 5.28. The Morgan fingerprint density at radius 3 is 2.58 bits per heavy atom. The summed E-state index contributed by atoms with van der Waals surface area (Å²) in [6.45, 7) is 4.32. The number of fused-ring (bicyclic) bond motifs is 2. The molecule has 3 rings (SSSR count). The second-order valence-corrected chi connectivity index (χ2v) is 6.91. The Morgan fingerprint density at radius 2 is 1.92 bits per heavy atom. The SMILES string of the molecule is CCC/C(=N\OCC)C1C(=O)CC2(CCc3ccccc32)CC1=O. The molecule has 0 aliphatic heterocycles. The van der Waals surface area contributed by atoms with E-state index in [4.69, 9.17) is 4.84 Å². The number of hydrogen-bond donors (Lipinski definition) is 0. The van der Waals surface area contributed by atoms with Crippen molar-refractivity contribution in [2.45, 2.75) is 57.8 Å². The third-order valence-electron chi connectivity index (χ3n) is 5.28. The van der Waals surface area contributed by atoms with Gasteiger partial charge < -0.3 is 4.84 Å². The molecule has 0 atom stereocenters. The van der Waals surface area contributed by atoms with Crippen molar-refractivity contribution in [2.24, 2.45) is 11.1 Å². The molecule has 0 aromatic heterocycles. The van der Waals surface area contributed by atoms with E-state index in [0.29, 0.717) is 31.6 Å². The fourth-order valence-corrected chi connectivity index (χ4v) is 4.26. The van der Waals surface area contributed by atoms with Crippen molar-refractivity contribution < 1.29 is 14.4 Å². The zero-order chi connectivity index (χ0) is 17.2. The lowest BCUT2D eigenvalue weighted by Gasteiger charge is -2.36. The second kappa shape index (κ2) is 6.88. The summed E-state index contributed by atoms with van der Waals surface area (Å²) in [5.41, 5.74) is 2.80. The van der Waals surface area contributed by atoms with Crippen LogP contribution >= 0.6 is 0 Å². The van der Waals surface area contributed by atoms with Crippen LogP contribution in [0.25, 0.3) is 0 Å². The number of nitrogens with zero attached hydrogens (tertiary/aromatic N) is 1. The fourth-order valence-electron chi connectivity index (χ4n) is 4.26. The minimum Gasteiger partial charge on any atom is -0.396 e. The van der Waals surface area contributed by atoms with Crippen LogP contribution in [0.3, 0.4) is 0 Å². The summed E-state index contributed by atoms with van der Waals surface area (Å²) in [6.07, 6.45) is 4.20. The van der Waals surface area contributed by atoms with Crippen LogP contribution in [-0.2, 0) is 26.3 Å². The van der Waals surface area contributed by atoms with Crippen molar-refractivity contribution in [2.75, 3.05) is 6.61 Å². The highest BCUT2D eigenvalue weighted by Crippen LogP contribution is 2.48. The van der Waals surface area contributed by atoms with Crippen molar-refractivity contribution in [3.8, 4) is 0 Å². The molecule has 0 N–H and O–H groups in total.